The van der Waals surface area contributed by atoms with E-state index in [-0.39, 0.29) is 24.7 Å². The van der Waals surface area contributed by atoms with Gasteiger partial charge >= 0.3 is 0 Å². The van der Waals surface area contributed by atoms with Crippen LogP contribution in [0.4, 0.5) is 8.78 Å². The van der Waals surface area contributed by atoms with Crippen molar-refractivity contribution >= 4 is 0 Å². The minimum atomic E-state index is -0.587. The number of hydrogen-bond acceptors (Lipinski definition) is 4. The average molecular weight is 340 g/mol. The van der Waals surface area contributed by atoms with E-state index < -0.39 is 5.82 Å². The van der Waals surface area contributed by atoms with Crippen molar-refractivity contribution in [2.24, 2.45) is 11.5 Å². The van der Waals surface area contributed by atoms with E-state index in [4.69, 9.17) is 21.3 Å². The summed E-state index contributed by atoms with van der Waals surface area (Å²) in [6, 6.07) is 9.16. The Balaban J connectivity index is 0.000000425. The fraction of sp³-hybridized carbons (Fsp3) is 0.333. The number of methoxy groups -OCH3 is 1. The highest BCUT2D eigenvalue weighted by Crippen LogP contribution is 2.17. The molecule has 0 atom stereocenters. The minimum absolute atomic E-state index is 0. The second-order valence-corrected chi connectivity index (χ2v) is 4.83. The van der Waals surface area contributed by atoms with E-state index in [1.165, 1.54) is 25.3 Å². The molecule has 6 heteroatoms. The summed E-state index contributed by atoms with van der Waals surface area (Å²) in [6.45, 7) is 1.02. The van der Waals surface area contributed by atoms with Crippen LogP contribution in [0.2, 0.25) is 0 Å². The molecule has 0 heterocycles. The first-order valence-corrected chi connectivity index (χ1v) is 7.21. The number of ether oxygens (including phenoxy) is 1. The second-order valence-electron chi connectivity index (χ2n) is 4.83. The van der Waals surface area contributed by atoms with Crippen LogP contribution in [0.25, 0.3) is 0 Å². The van der Waals surface area contributed by atoms with Gasteiger partial charge in [0.2, 0.25) is 0 Å². The number of hydrogen-bond donors (Lipinski definition) is 3. The summed E-state index contributed by atoms with van der Waals surface area (Å²) in [7, 11) is 1.45. The van der Waals surface area contributed by atoms with Crippen LogP contribution in [-0.2, 0) is 12.8 Å². The van der Waals surface area contributed by atoms with Gasteiger partial charge in [-0.1, -0.05) is 19.6 Å². The summed E-state index contributed by atoms with van der Waals surface area (Å²) in [4.78, 5) is 0. The maximum Gasteiger partial charge on any atom is 0.165 e. The zero-order valence-corrected chi connectivity index (χ0v) is 13.1. The molecule has 0 amide bonds. The molecular weight excluding hydrogens is 314 g/mol. The maximum atomic E-state index is 13.0. The Kier molecular flexibility index (Phi) is 10.3. The molecule has 0 saturated heterocycles. The highest BCUT2D eigenvalue weighted by atomic mass is 19.1. The second kappa shape index (κ2) is 11.4. The Morgan fingerprint density at radius 3 is 1.83 bits per heavy atom. The lowest BCUT2D eigenvalue weighted by atomic mass is 10.1. The van der Waals surface area contributed by atoms with Crippen molar-refractivity contribution < 1.29 is 18.6 Å². The van der Waals surface area contributed by atoms with Gasteiger partial charge in [0.25, 0.3) is 0 Å². The van der Waals surface area contributed by atoms with Crippen molar-refractivity contribution in [3.05, 3.63) is 59.2 Å². The molecule has 0 aromatic heterocycles. The van der Waals surface area contributed by atoms with Crippen LogP contribution in [0, 0.1) is 11.6 Å². The number of nitrogens with two attached hydrogens (primary N) is 2. The van der Waals surface area contributed by atoms with Gasteiger partial charge in [-0.05, 0) is 61.3 Å². The van der Waals surface area contributed by atoms with Crippen molar-refractivity contribution in [2.45, 2.75) is 20.3 Å². The van der Waals surface area contributed by atoms with Crippen LogP contribution in [0.15, 0.2) is 36.4 Å². The third-order valence-electron chi connectivity index (χ3n) is 3.09. The first-order valence-electron chi connectivity index (χ1n) is 7.21. The SMILES string of the molecule is C.COc1ccc(CCN)cc1F.NCCc1ccc(O)c(F)c1. The molecule has 0 spiro atoms. The maximum absolute atomic E-state index is 13.0. The summed E-state index contributed by atoms with van der Waals surface area (Å²) in [5.74, 6) is -0.957. The van der Waals surface area contributed by atoms with Crippen molar-refractivity contribution in [1.82, 2.24) is 0 Å². The summed E-state index contributed by atoms with van der Waals surface area (Å²) in [5, 5.41) is 8.81. The third kappa shape index (κ3) is 6.93. The zero-order chi connectivity index (χ0) is 17.2. The van der Waals surface area contributed by atoms with Gasteiger partial charge in [0.05, 0.1) is 7.11 Å². The monoisotopic (exact) mass is 340 g/mol. The van der Waals surface area contributed by atoms with Crippen LogP contribution >= 0.6 is 0 Å². The van der Waals surface area contributed by atoms with E-state index in [9.17, 15) is 8.78 Å². The molecule has 5 N–H and O–H groups in total. The molecule has 2 aromatic carbocycles. The molecule has 0 unspecified atom stereocenters. The van der Waals surface area contributed by atoms with Gasteiger partial charge < -0.3 is 21.3 Å². The predicted octanol–water partition coefficient (Wildman–Crippen LogP) is 3.00. The first-order chi connectivity index (χ1) is 11.0. The Bertz CT molecular complexity index is 622. The Morgan fingerprint density at radius 2 is 1.42 bits per heavy atom. The Morgan fingerprint density at radius 1 is 0.917 bits per heavy atom. The topological polar surface area (TPSA) is 81.5 Å². The molecule has 0 bridgehead atoms. The molecule has 4 nitrogen and oxygen atoms in total. The lowest BCUT2D eigenvalue weighted by molar-refractivity contribution is 0.386. The van der Waals surface area contributed by atoms with Gasteiger partial charge in [-0.15, -0.1) is 0 Å². The van der Waals surface area contributed by atoms with E-state index in [1.54, 1.807) is 12.1 Å². The molecule has 134 valence electrons. The number of benzene rings is 2. The molecule has 2 aromatic rings. The van der Waals surface area contributed by atoms with Crippen molar-refractivity contribution in [2.75, 3.05) is 20.2 Å². The van der Waals surface area contributed by atoms with Gasteiger partial charge in [0.1, 0.15) is 0 Å². The van der Waals surface area contributed by atoms with Gasteiger partial charge in [-0.25, -0.2) is 8.78 Å². The largest absolute Gasteiger partial charge is 0.505 e. The summed E-state index contributed by atoms with van der Waals surface area (Å²) in [6.07, 6.45) is 1.33. The molecular formula is C18H26F2N2O2. The number of phenolic OH excluding ortho intramolecular Hbond substituents is 1. The molecule has 2 rings (SSSR count). The third-order valence-corrected chi connectivity index (χ3v) is 3.09. The van der Waals surface area contributed by atoms with E-state index >= 15 is 0 Å². The van der Waals surface area contributed by atoms with E-state index in [0.29, 0.717) is 25.9 Å². The van der Waals surface area contributed by atoms with Gasteiger partial charge in [0.15, 0.2) is 23.1 Å². The zero-order valence-electron chi connectivity index (χ0n) is 13.1. The molecule has 0 saturated carbocycles. The van der Waals surface area contributed by atoms with Crippen LogP contribution in [-0.4, -0.2) is 25.3 Å². The number of rotatable bonds is 5. The summed E-state index contributed by atoms with van der Waals surface area (Å²) >= 11 is 0. The quantitative estimate of drug-likeness (QED) is 0.781. The summed E-state index contributed by atoms with van der Waals surface area (Å²) < 4.78 is 30.4. The number of halogens is 2. The smallest absolute Gasteiger partial charge is 0.165 e. The van der Waals surface area contributed by atoms with Crippen LogP contribution in [0.1, 0.15) is 18.6 Å². The van der Waals surface area contributed by atoms with Crippen LogP contribution in [0.3, 0.4) is 0 Å². The summed E-state index contributed by atoms with van der Waals surface area (Å²) in [5.41, 5.74) is 12.3. The fourth-order valence-corrected chi connectivity index (χ4v) is 1.90. The Hall–Kier alpha value is -2.18. The standard InChI is InChI=1S/C9H12FNO.C8H10FNO.CH4/c1-12-9-3-2-7(4-5-11)6-8(9)10;9-7-5-6(3-4-10)1-2-8(7)11;/h2-3,6H,4-5,11H2,1H3;1-2,5,11H,3-4,10H2;1H4. The number of aromatic hydroxyl groups is 1. The van der Waals surface area contributed by atoms with E-state index in [0.717, 1.165) is 11.1 Å². The molecule has 0 radical (unpaired) electrons. The molecule has 0 aliphatic rings. The lowest BCUT2D eigenvalue weighted by Crippen LogP contribution is -2.03. The highest BCUT2D eigenvalue weighted by Gasteiger charge is 2.02. The molecule has 0 aliphatic carbocycles. The predicted molar refractivity (Wildman–Crippen MR) is 93.3 cm³/mol. The lowest BCUT2D eigenvalue weighted by Gasteiger charge is -2.03. The van der Waals surface area contributed by atoms with Gasteiger partial charge in [0, 0.05) is 0 Å². The van der Waals surface area contributed by atoms with Crippen LogP contribution < -0.4 is 16.2 Å². The highest BCUT2D eigenvalue weighted by molar-refractivity contribution is 5.29. The van der Waals surface area contributed by atoms with Crippen molar-refractivity contribution in [1.29, 1.82) is 0 Å². The number of phenols is 1. The first kappa shape index (κ1) is 21.8. The van der Waals surface area contributed by atoms with Crippen LogP contribution in [0.5, 0.6) is 11.5 Å². The van der Waals surface area contributed by atoms with Gasteiger partial charge in [-0.3, -0.25) is 0 Å². The van der Waals surface area contributed by atoms with Crippen molar-refractivity contribution in [3.63, 3.8) is 0 Å². The van der Waals surface area contributed by atoms with E-state index in [2.05, 4.69) is 0 Å². The minimum Gasteiger partial charge on any atom is -0.505 e. The molecule has 0 aliphatic heterocycles. The Labute approximate surface area is 142 Å². The molecule has 24 heavy (non-hydrogen) atoms. The normalized spacial score (nSPS) is 9.54. The average Bonchev–Trinajstić information content (AvgIpc) is 2.52. The molecule has 0 fully saturated rings. The fourth-order valence-electron chi connectivity index (χ4n) is 1.90. The van der Waals surface area contributed by atoms with Crippen molar-refractivity contribution in [3.8, 4) is 11.5 Å². The van der Waals surface area contributed by atoms with E-state index in [1.807, 2.05) is 6.07 Å². The van der Waals surface area contributed by atoms with Gasteiger partial charge in [-0.2, -0.15) is 0 Å².